The number of nitrogens with one attached hydrogen (secondary N) is 1. The number of amides is 2. The lowest BCUT2D eigenvalue weighted by Crippen LogP contribution is -2.55. The fraction of sp³-hybridized carbons (Fsp3) is 0.682. The van der Waals surface area contributed by atoms with E-state index in [2.05, 4.69) is 24.3 Å². The molecule has 0 atom stereocenters. The van der Waals surface area contributed by atoms with Crippen LogP contribution >= 0.6 is 0 Å². The van der Waals surface area contributed by atoms with Gasteiger partial charge in [0.2, 0.25) is 0 Å². The standard InChI is InChI=1S/C22H35N3O3/c1-24(2)22(10-5-15-27-3)13-11-21(12-14-22)17-25(20(26)23-21)16-18-6-8-19(28-4)9-7-18/h6-9H,5,10-17H2,1-4H3,(H,23,26)/t21-,22-. The zero-order valence-corrected chi connectivity index (χ0v) is 17.8. The van der Waals surface area contributed by atoms with E-state index >= 15 is 0 Å². The van der Waals surface area contributed by atoms with E-state index in [0.717, 1.165) is 63.0 Å². The topological polar surface area (TPSA) is 54.0 Å². The van der Waals surface area contributed by atoms with Crippen LogP contribution in [-0.4, -0.2) is 68.4 Å². The van der Waals surface area contributed by atoms with E-state index in [-0.39, 0.29) is 17.1 Å². The van der Waals surface area contributed by atoms with Crippen LogP contribution < -0.4 is 10.1 Å². The van der Waals surface area contributed by atoms with Crippen molar-refractivity contribution in [2.75, 3.05) is 41.5 Å². The van der Waals surface area contributed by atoms with Crippen LogP contribution in [-0.2, 0) is 11.3 Å². The lowest BCUT2D eigenvalue weighted by molar-refractivity contribution is 0.0475. The number of carbonyl (C=O) groups excluding carboxylic acids is 1. The minimum absolute atomic E-state index is 0.0626. The van der Waals surface area contributed by atoms with E-state index < -0.39 is 0 Å². The van der Waals surface area contributed by atoms with Crippen LogP contribution in [0.15, 0.2) is 24.3 Å². The second-order valence-electron chi connectivity index (χ2n) is 8.63. The molecule has 1 aromatic rings. The van der Waals surface area contributed by atoms with Gasteiger partial charge in [0.25, 0.3) is 0 Å². The highest BCUT2D eigenvalue weighted by Crippen LogP contribution is 2.42. The second-order valence-corrected chi connectivity index (χ2v) is 8.63. The van der Waals surface area contributed by atoms with Gasteiger partial charge in [-0.25, -0.2) is 4.79 Å². The number of benzene rings is 1. The fourth-order valence-electron chi connectivity index (χ4n) is 4.81. The third-order valence-electron chi connectivity index (χ3n) is 6.76. The summed E-state index contributed by atoms with van der Waals surface area (Å²) >= 11 is 0. The smallest absolute Gasteiger partial charge is 0.318 e. The molecule has 1 N–H and O–H groups in total. The molecule has 1 saturated carbocycles. The van der Waals surface area contributed by atoms with Crippen molar-refractivity contribution in [1.29, 1.82) is 0 Å². The molecule has 156 valence electrons. The van der Waals surface area contributed by atoms with Crippen LogP contribution in [0.4, 0.5) is 4.79 Å². The molecule has 2 fully saturated rings. The maximum absolute atomic E-state index is 12.6. The van der Waals surface area contributed by atoms with Crippen molar-refractivity contribution < 1.29 is 14.3 Å². The molecule has 2 aliphatic rings. The van der Waals surface area contributed by atoms with E-state index in [1.54, 1.807) is 14.2 Å². The first-order valence-corrected chi connectivity index (χ1v) is 10.3. The summed E-state index contributed by atoms with van der Waals surface area (Å²) in [5.74, 6) is 0.840. The van der Waals surface area contributed by atoms with Gasteiger partial charge in [0.15, 0.2) is 0 Å². The first-order valence-electron chi connectivity index (χ1n) is 10.3. The molecule has 1 saturated heterocycles. The molecular formula is C22H35N3O3. The van der Waals surface area contributed by atoms with Gasteiger partial charge in [-0.05, 0) is 70.3 Å². The van der Waals surface area contributed by atoms with Crippen molar-refractivity contribution in [2.45, 2.75) is 56.1 Å². The van der Waals surface area contributed by atoms with Crippen molar-refractivity contribution in [2.24, 2.45) is 0 Å². The van der Waals surface area contributed by atoms with Crippen LogP contribution in [0, 0.1) is 0 Å². The predicted molar refractivity (Wildman–Crippen MR) is 111 cm³/mol. The molecule has 1 spiro atoms. The molecule has 1 heterocycles. The number of nitrogens with zero attached hydrogens (tertiary/aromatic N) is 2. The summed E-state index contributed by atoms with van der Waals surface area (Å²) in [6.45, 7) is 2.25. The molecule has 0 unspecified atom stereocenters. The quantitative estimate of drug-likeness (QED) is 0.694. The Balaban J connectivity index is 1.61. The third-order valence-corrected chi connectivity index (χ3v) is 6.76. The van der Waals surface area contributed by atoms with Gasteiger partial charge in [-0.2, -0.15) is 0 Å². The van der Waals surface area contributed by atoms with Gasteiger partial charge in [0.1, 0.15) is 5.75 Å². The average molecular weight is 390 g/mol. The third kappa shape index (κ3) is 4.44. The number of urea groups is 1. The normalized spacial score (nSPS) is 27.5. The Hall–Kier alpha value is -1.79. The van der Waals surface area contributed by atoms with Crippen LogP contribution in [0.3, 0.4) is 0 Å². The van der Waals surface area contributed by atoms with Gasteiger partial charge >= 0.3 is 6.03 Å². The number of carbonyl (C=O) groups is 1. The number of hydrogen-bond acceptors (Lipinski definition) is 4. The molecule has 1 aliphatic heterocycles. The Labute approximate surface area is 169 Å². The van der Waals surface area contributed by atoms with Gasteiger partial charge < -0.3 is 24.6 Å². The van der Waals surface area contributed by atoms with E-state index in [0.29, 0.717) is 6.54 Å². The molecular weight excluding hydrogens is 354 g/mol. The van der Waals surface area contributed by atoms with Crippen molar-refractivity contribution in [3.05, 3.63) is 29.8 Å². The zero-order valence-electron chi connectivity index (χ0n) is 17.8. The first-order chi connectivity index (χ1) is 13.4. The van der Waals surface area contributed by atoms with Crippen molar-refractivity contribution in [1.82, 2.24) is 15.1 Å². The highest BCUT2D eigenvalue weighted by atomic mass is 16.5. The van der Waals surface area contributed by atoms with E-state index in [4.69, 9.17) is 9.47 Å². The van der Waals surface area contributed by atoms with Gasteiger partial charge in [-0.1, -0.05) is 12.1 Å². The van der Waals surface area contributed by atoms with E-state index in [9.17, 15) is 4.79 Å². The van der Waals surface area contributed by atoms with E-state index in [1.165, 1.54) is 0 Å². The van der Waals surface area contributed by atoms with E-state index in [1.807, 2.05) is 29.2 Å². The van der Waals surface area contributed by atoms with Crippen molar-refractivity contribution >= 4 is 6.03 Å². The van der Waals surface area contributed by atoms with Crippen LogP contribution in [0.1, 0.15) is 44.1 Å². The summed E-state index contributed by atoms with van der Waals surface area (Å²) in [4.78, 5) is 17.0. The average Bonchev–Trinajstić information content (AvgIpc) is 2.99. The molecule has 1 aliphatic carbocycles. The van der Waals surface area contributed by atoms with Gasteiger partial charge in [-0.15, -0.1) is 0 Å². The Kier molecular flexibility index (Phi) is 6.50. The monoisotopic (exact) mass is 389 g/mol. The van der Waals surface area contributed by atoms with Crippen LogP contribution in [0.25, 0.3) is 0 Å². The predicted octanol–water partition coefficient (Wildman–Crippen LogP) is 3.26. The zero-order chi connectivity index (χ0) is 20.2. The maximum Gasteiger partial charge on any atom is 0.318 e. The summed E-state index contributed by atoms with van der Waals surface area (Å²) < 4.78 is 10.5. The Morgan fingerprint density at radius 1 is 1.11 bits per heavy atom. The van der Waals surface area contributed by atoms with Crippen molar-refractivity contribution in [3.8, 4) is 5.75 Å². The van der Waals surface area contributed by atoms with Crippen LogP contribution in [0.2, 0.25) is 0 Å². The van der Waals surface area contributed by atoms with Gasteiger partial charge in [-0.3, -0.25) is 0 Å². The molecule has 1 aromatic carbocycles. The molecule has 6 heteroatoms. The van der Waals surface area contributed by atoms with Crippen molar-refractivity contribution in [3.63, 3.8) is 0 Å². The van der Waals surface area contributed by atoms with Gasteiger partial charge in [0.05, 0.1) is 12.6 Å². The minimum atomic E-state index is -0.0790. The summed E-state index contributed by atoms with van der Waals surface area (Å²) in [6, 6.07) is 8.03. The molecule has 0 bridgehead atoms. The molecule has 2 amide bonds. The number of ether oxygens (including phenoxy) is 2. The Morgan fingerprint density at radius 2 is 1.79 bits per heavy atom. The molecule has 3 rings (SSSR count). The Morgan fingerprint density at radius 3 is 2.36 bits per heavy atom. The number of rotatable bonds is 8. The largest absolute Gasteiger partial charge is 0.497 e. The second kappa shape index (κ2) is 8.70. The fourth-order valence-corrected chi connectivity index (χ4v) is 4.81. The first kappa shape index (κ1) is 20.9. The summed E-state index contributed by atoms with van der Waals surface area (Å²) in [7, 11) is 7.81. The highest BCUT2D eigenvalue weighted by molar-refractivity contribution is 5.78. The maximum atomic E-state index is 12.6. The summed E-state index contributed by atoms with van der Waals surface area (Å²) in [5.41, 5.74) is 1.27. The number of hydrogen-bond donors (Lipinski definition) is 1. The van der Waals surface area contributed by atoms with Crippen LogP contribution in [0.5, 0.6) is 5.75 Å². The molecule has 0 radical (unpaired) electrons. The summed E-state index contributed by atoms with van der Waals surface area (Å²) in [6.07, 6.45) is 6.51. The lowest BCUT2D eigenvalue weighted by Gasteiger charge is -2.48. The van der Waals surface area contributed by atoms with Gasteiger partial charge in [0, 0.05) is 32.3 Å². The lowest BCUT2D eigenvalue weighted by atomic mass is 9.70. The Bertz CT molecular complexity index is 651. The minimum Gasteiger partial charge on any atom is -0.497 e. The summed E-state index contributed by atoms with van der Waals surface area (Å²) in [5, 5.41) is 3.33. The molecule has 6 nitrogen and oxygen atoms in total. The SMILES string of the molecule is COCCC[C@]1(N(C)C)CC[C@]2(CC1)CN(Cc1ccc(OC)cc1)C(=O)N2. The highest BCUT2D eigenvalue weighted by Gasteiger charge is 2.49. The molecule has 0 aromatic heterocycles. The molecule has 28 heavy (non-hydrogen) atoms. The number of methoxy groups -OCH3 is 2.